The summed E-state index contributed by atoms with van der Waals surface area (Å²) >= 11 is 0. The molecule has 168 valence electrons. The number of para-hydroxylation sites is 1. The molecule has 0 atom stereocenters. The lowest BCUT2D eigenvalue weighted by molar-refractivity contribution is -0.121. The highest BCUT2D eigenvalue weighted by Gasteiger charge is 2.32. The molecule has 2 amide bonds. The van der Waals surface area contributed by atoms with Gasteiger partial charge in [0.05, 0.1) is 6.42 Å². The third-order valence-electron chi connectivity index (χ3n) is 6.20. The molecule has 0 radical (unpaired) electrons. The van der Waals surface area contributed by atoms with Crippen molar-refractivity contribution in [2.24, 2.45) is 0 Å². The SMILES string of the molecule is O=C(CCc1cccnc1)Nc1cc(C2CC(NC(=O)Cc3c[nH]c4ccccc34)C2)[nH]n1. The van der Waals surface area contributed by atoms with E-state index in [4.69, 9.17) is 0 Å². The Balaban J connectivity index is 1.06. The van der Waals surface area contributed by atoms with Crippen LogP contribution in [-0.2, 0) is 22.4 Å². The topological polar surface area (TPSA) is 116 Å². The molecule has 8 nitrogen and oxygen atoms in total. The monoisotopic (exact) mass is 442 g/mol. The molecule has 1 aliphatic carbocycles. The quantitative estimate of drug-likeness (QED) is 0.334. The summed E-state index contributed by atoms with van der Waals surface area (Å²) in [6.07, 6.45) is 8.49. The van der Waals surface area contributed by atoms with Gasteiger partial charge in [-0.05, 0) is 42.5 Å². The van der Waals surface area contributed by atoms with Crippen LogP contribution in [0.2, 0.25) is 0 Å². The zero-order chi connectivity index (χ0) is 22.6. The van der Waals surface area contributed by atoms with E-state index in [0.29, 0.717) is 31.0 Å². The highest BCUT2D eigenvalue weighted by atomic mass is 16.2. The molecule has 0 saturated heterocycles. The summed E-state index contributed by atoms with van der Waals surface area (Å²) in [5.41, 5.74) is 4.07. The third-order valence-corrected chi connectivity index (χ3v) is 6.20. The van der Waals surface area contributed by atoms with Crippen LogP contribution in [0.5, 0.6) is 0 Å². The average molecular weight is 443 g/mol. The van der Waals surface area contributed by atoms with Gasteiger partial charge in [0.2, 0.25) is 11.8 Å². The van der Waals surface area contributed by atoms with Gasteiger partial charge in [0.1, 0.15) is 0 Å². The number of nitrogens with zero attached hydrogens (tertiary/aromatic N) is 2. The first-order chi connectivity index (χ1) is 16.1. The number of carbonyl (C=O) groups excluding carboxylic acids is 2. The lowest BCUT2D eigenvalue weighted by Crippen LogP contribution is -2.44. The number of hydrogen-bond donors (Lipinski definition) is 4. The first-order valence-electron chi connectivity index (χ1n) is 11.2. The van der Waals surface area contributed by atoms with E-state index in [9.17, 15) is 9.59 Å². The van der Waals surface area contributed by atoms with Crippen molar-refractivity contribution in [2.45, 2.75) is 44.1 Å². The molecule has 0 aliphatic heterocycles. The number of aryl methyl sites for hydroxylation is 1. The van der Waals surface area contributed by atoms with Crippen LogP contribution in [0.3, 0.4) is 0 Å². The van der Waals surface area contributed by atoms with Gasteiger partial charge >= 0.3 is 0 Å². The van der Waals surface area contributed by atoms with E-state index in [1.54, 1.807) is 12.4 Å². The van der Waals surface area contributed by atoms with Gasteiger partial charge in [0.25, 0.3) is 0 Å². The van der Waals surface area contributed by atoms with E-state index < -0.39 is 0 Å². The summed E-state index contributed by atoms with van der Waals surface area (Å²) in [7, 11) is 0. The van der Waals surface area contributed by atoms with Crippen LogP contribution in [0.15, 0.2) is 61.1 Å². The van der Waals surface area contributed by atoms with Gasteiger partial charge in [-0.15, -0.1) is 0 Å². The number of anilines is 1. The predicted octanol–water partition coefficient (Wildman–Crippen LogP) is 3.46. The van der Waals surface area contributed by atoms with Crippen molar-refractivity contribution in [2.75, 3.05) is 5.32 Å². The second-order valence-corrected chi connectivity index (χ2v) is 8.59. The minimum atomic E-state index is -0.0760. The third kappa shape index (κ3) is 4.95. The number of benzene rings is 1. The van der Waals surface area contributed by atoms with Gasteiger partial charge in [-0.2, -0.15) is 5.10 Å². The van der Waals surface area contributed by atoms with Crippen LogP contribution in [-0.4, -0.2) is 38.0 Å². The molecule has 5 rings (SSSR count). The molecule has 0 unspecified atom stereocenters. The molecule has 0 bridgehead atoms. The summed E-state index contributed by atoms with van der Waals surface area (Å²) < 4.78 is 0. The van der Waals surface area contributed by atoms with Crippen molar-refractivity contribution in [3.63, 3.8) is 0 Å². The number of nitrogens with one attached hydrogen (secondary N) is 4. The predicted molar refractivity (Wildman–Crippen MR) is 126 cm³/mol. The standard InChI is InChI=1S/C25H26N6O2/c32-24(8-7-16-4-3-9-26-14-16)29-23-13-22(30-31-23)17-10-19(11-17)28-25(33)12-18-15-27-21-6-2-1-5-20(18)21/h1-6,9,13-15,17,19,27H,7-8,10-12H2,(H,28,33)(H2,29,30,31,32). The molecule has 0 spiro atoms. The van der Waals surface area contributed by atoms with Crippen LogP contribution in [0.1, 0.15) is 42.0 Å². The van der Waals surface area contributed by atoms with Crippen LogP contribution in [0.4, 0.5) is 5.82 Å². The van der Waals surface area contributed by atoms with Crippen LogP contribution < -0.4 is 10.6 Å². The maximum Gasteiger partial charge on any atom is 0.225 e. The fourth-order valence-electron chi connectivity index (χ4n) is 4.34. The van der Waals surface area contributed by atoms with E-state index in [0.717, 1.165) is 40.6 Å². The number of fused-ring (bicyclic) bond motifs is 1. The van der Waals surface area contributed by atoms with E-state index in [1.165, 1.54) is 0 Å². The first-order valence-corrected chi connectivity index (χ1v) is 11.2. The Bertz CT molecular complexity index is 1260. The molecular formula is C25H26N6O2. The number of amides is 2. The fraction of sp³-hybridized carbons (Fsp3) is 0.280. The number of rotatable bonds is 8. The number of carbonyl (C=O) groups is 2. The van der Waals surface area contributed by atoms with Crippen molar-refractivity contribution in [3.8, 4) is 0 Å². The molecule has 3 aromatic heterocycles. The highest BCUT2D eigenvalue weighted by molar-refractivity contribution is 5.90. The second kappa shape index (κ2) is 9.28. The minimum absolute atomic E-state index is 0.0365. The van der Waals surface area contributed by atoms with Gasteiger partial charge in [-0.1, -0.05) is 24.3 Å². The number of pyridine rings is 1. The Hall–Kier alpha value is -3.94. The second-order valence-electron chi connectivity index (χ2n) is 8.59. The van der Waals surface area contributed by atoms with Gasteiger partial charge < -0.3 is 15.6 Å². The number of hydrogen-bond acceptors (Lipinski definition) is 4. The normalized spacial score (nSPS) is 17.5. The minimum Gasteiger partial charge on any atom is -0.361 e. The Morgan fingerprint density at radius 3 is 2.82 bits per heavy atom. The van der Waals surface area contributed by atoms with E-state index >= 15 is 0 Å². The van der Waals surface area contributed by atoms with E-state index in [-0.39, 0.29) is 17.9 Å². The first kappa shape index (κ1) is 20.9. The van der Waals surface area contributed by atoms with Gasteiger partial charge in [-0.25, -0.2) is 0 Å². The van der Waals surface area contributed by atoms with Gasteiger partial charge in [-0.3, -0.25) is 19.7 Å². The summed E-state index contributed by atoms with van der Waals surface area (Å²) in [6, 6.07) is 13.9. The molecule has 8 heteroatoms. The van der Waals surface area contributed by atoms with Gasteiger partial charge in [0, 0.05) is 59.6 Å². The van der Waals surface area contributed by atoms with E-state index in [1.807, 2.05) is 48.7 Å². The molecular weight excluding hydrogens is 416 g/mol. The van der Waals surface area contributed by atoms with Crippen molar-refractivity contribution in [1.82, 2.24) is 25.5 Å². The summed E-state index contributed by atoms with van der Waals surface area (Å²) in [5, 5.41) is 14.3. The molecule has 4 aromatic rings. The smallest absolute Gasteiger partial charge is 0.225 e. The number of aromatic amines is 2. The lowest BCUT2D eigenvalue weighted by atomic mass is 9.78. The van der Waals surface area contributed by atoms with Gasteiger partial charge in [0.15, 0.2) is 5.82 Å². The number of H-pyrrole nitrogens is 2. The zero-order valence-electron chi connectivity index (χ0n) is 18.2. The summed E-state index contributed by atoms with van der Waals surface area (Å²) in [4.78, 5) is 32.0. The van der Waals surface area contributed by atoms with Crippen LogP contribution >= 0.6 is 0 Å². The Morgan fingerprint density at radius 1 is 1.09 bits per heavy atom. The molecule has 1 aromatic carbocycles. The van der Waals surface area contributed by atoms with Crippen molar-refractivity contribution in [1.29, 1.82) is 0 Å². The summed E-state index contributed by atoms with van der Waals surface area (Å²) in [6.45, 7) is 0. The molecule has 1 fully saturated rings. The molecule has 4 N–H and O–H groups in total. The summed E-state index contributed by atoms with van der Waals surface area (Å²) in [5.74, 6) is 0.798. The molecule has 33 heavy (non-hydrogen) atoms. The maximum absolute atomic E-state index is 12.5. The van der Waals surface area contributed by atoms with Crippen molar-refractivity contribution < 1.29 is 9.59 Å². The lowest BCUT2D eigenvalue weighted by Gasteiger charge is -2.35. The maximum atomic E-state index is 12.5. The Kier molecular flexibility index (Phi) is 5.89. The van der Waals surface area contributed by atoms with Crippen molar-refractivity contribution >= 4 is 28.5 Å². The largest absolute Gasteiger partial charge is 0.361 e. The fourth-order valence-corrected chi connectivity index (χ4v) is 4.34. The zero-order valence-corrected chi connectivity index (χ0v) is 18.2. The van der Waals surface area contributed by atoms with Crippen molar-refractivity contribution in [3.05, 3.63) is 77.9 Å². The van der Waals surface area contributed by atoms with Crippen LogP contribution in [0, 0.1) is 0 Å². The highest BCUT2D eigenvalue weighted by Crippen LogP contribution is 2.36. The Labute approximate surface area is 191 Å². The molecule has 1 aliphatic rings. The van der Waals surface area contributed by atoms with E-state index in [2.05, 4.69) is 30.8 Å². The van der Waals surface area contributed by atoms with Crippen LogP contribution in [0.25, 0.3) is 10.9 Å². The molecule has 3 heterocycles. The molecule has 1 saturated carbocycles. The number of aromatic nitrogens is 4. The average Bonchev–Trinajstić information content (AvgIpc) is 3.42. The Morgan fingerprint density at radius 2 is 1.97 bits per heavy atom.